The monoisotopic (exact) mass is 357 g/mol. The molecule has 1 rings (SSSR count). The summed E-state index contributed by atoms with van der Waals surface area (Å²) in [6.45, 7) is 19.5. The summed E-state index contributed by atoms with van der Waals surface area (Å²) in [6.07, 6.45) is 3.10. The van der Waals surface area contributed by atoms with E-state index in [4.69, 9.17) is 4.43 Å². The number of carbonyl (C=O) groups is 1. The molecule has 0 aromatic rings. The summed E-state index contributed by atoms with van der Waals surface area (Å²) >= 11 is 0. The zero-order valence-corrected chi connectivity index (χ0v) is 18.1. The van der Waals surface area contributed by atoms with Gasteiger partial charge in [0.05, 0.1) is 0 Å². The van der Waals surface area contributed by atoms with E-state index < -0.39 is 14.4 Å². The first-order chi connectivity index (χ1) is 10.7. The largest absolute Gasteiger partial charge is 0.465 e. The molecule has 2 unspecified atom stereocenters. The molecule has 24 heavy (non-hydrogen) atoms. The molecule has 0 radical (unpaired) electrons. The number of nitrogens with zero attached hydrogens (tertiary/aromatic N) is 1. The summed E-state index contributed by atoms with van der Waals surface area (Å²) in [6, 6.07) is 0.142. The van der Waals surface area contributed by atoms with Gasteiger partial charge in [-0.3, -0.25) is 0 Å². The van der Waals surface area contributed by atoms with Crippen LogP contribution in [0.15, 0.2) is 0 Å². The number of likely N-dealkylation sites (tertiary alicyclic amines) is 1. The molecule has 0 aromatic heterocycles. The Morgan fingerprint density at radius 1 is 1.21 bits per heavy atom. The third-order valence-corrected chi connectivity index (χ3v) is 10.3. The van der Waals surface area contributed by atoms with Gasteiger partial charge in [0.25, 0.3) is 0 Å². The van der Waals surface area contributed by atoms with Crippen molar-refractivity contribution in [1.82, 2.24) is 4.90 Å². The summed E-state index contributed by atoms with van der Waals surface area (Å²) in [4.78, 5) is 13.2. The molecule has 1 saturated heterocycles. The van der Waals surface area contributed by atoms with Crippen LogP contribution in [0, 0.1) is 11.3 Å². The molecule has 1 aliphatic heterocycles. The van der Waals surface area contributed by atoms with Crippen LogP contribution < -0.4 is 0 Å². The molecule has 1 fully saturated rings. The first-order valence-corrected chi connectivity index (χ1v) is 12.3. The SMILES string of the molecule is CC(C)(C)CCC1CC(CO[Si](C)(C)C(C)(C)C)CCN1C(=O)O. The summed E-state index contributed by atoms with van der Waals surface area (Å²) in [5.74, 6) is 0.486. The second-order valence-corrected chi connectivity index (χ2v) is 15.0. The van der Waals surface area contributed by atoms with Gasteiger partial charge in [-0.15, -0.1) is 0 Å². The minimum atomic E-state index is -1.73. The van der Waals surface area contributed by atoms with Crippen LogP contribution in [-0.2, 0) is 4.43 Å². The van der Waals surface area contributed by atoms with Gasteiger partial charge < -0.3 is 14.4 Å². The van der Waals surface area contributed by atoms with E-state index in [1.165, 1.54) is 0 Å². The van der Waals surface area contributed by atoms with Crippen molar-refractivity contribution < 1.29 is 14.3 Å². The standard InChI is InChI=1S/C19H39NO3Si/c1-18(2,3)11-9-16-13-15(10-12-20(16)17(21)22)14-23-24(7,8)19(4,5)6/h15-16H,9-14H2,1-8H3,(H,21,22). The zero-order chi connectivity index (χ0) is 18.8. The van der Waals surface area contributed by atoms with Crippen molar-refractivity contribution in [3.63, 3.8) is 0 Å². The van der Waals surface area contributed by atoms with Gasteiger partial charge in [-0.1, -0.05) is 41.5 Å². The smallest absolute Gasteiger partial charge is 0.407 e. The fourth-order valence-electron chi connectivity index (χ4n) is 2.95. The highest BCUT2D eigenvalue weighted by Gasteiger charge is 2.39. The molecular weight excluding hydrogens is 318 g/mol. The molecule has 2 atom stereocenters. The first-order valence-electron chi connectivity index (χ1n) is 9.36. The summed E-state index contributed by atoms with van der Waals surface area (Å²) in [5.41, 5.74) is 0.245. The maximum atomic E-state index is 11.5. The Morgan fingerprint density at radius 2 is 1.79 bits per heavy atom. The number of carboxylic acid groups (broad SMARTS) is 1. The van der Waals surface area contributed by atoms with E-state index in [9.17, 15) is 9.90 Å². The molecule has 0 aliphatic carbocycles. The van der Waals surface area contributed by atoms with Crippen molar-refractivity contribution in [3.05, 3.63) is 0 Å². The third kappa shape index (κ3) is 6.39. The molecular formula is C19H39NO3Si. The zero-order valence-electron chi connectivity index (χ0n) is 17.1. The molecule has 1 amide bonds. The van der Waals surface area contributed by atoms with E-state index in [-0.39, 0.29) is 16.5 Å². The lowest BCUT2D eigenvalue weighted by Crippen LogP contribution is -2.48. The van der Waals surface area contributed by atoms with Crippen LogP contribution in [-0.4, -0.2) is 43.6 Å². The molecule has 4 nitrogen and oxygen atoms in total. The van der Waals surface area contributed by atoms with Crippen molar-refractivity contribution >= 4 is 14.4 Å². The second-order valence-electron chi connectivity index (χ2n) is 10.2. The van der Waals surface area contributed by atoms with Crippen LogP contribution in [0.1, 0.15) is 67.2 Å². The number of piperidine rings is 1. The van der Waals surface area contributed by atoms with E-state index in [0.717, 1.165) is 32.3 Å². The number of amides is 1. The highest BCUT2D eigenvalue weighted by atomic mass is 28.4. The summed E-state index contributed by atoms with van der Waals surface area (Å²) < 4.78 is 6.40. The Morgan fingerprint density at radius 3 is 2.25 bits per heavy atom. The topological polar surface area (TPSA) is 49.8 Å². The summed E-state index contributed by atoms with van der Waals surface area (Å²) in [5, 5.41) is 9.71. The maximum absolute atomic E-state index is 11.5. The molecule has 5 heteroatoms. The molecule has 0 saturated carbocycles. The average Bonchev–Trinajstić information content (AvgIpc) is 2.40. The predicted molar refractivity (Wildman–Crippen MR) is 103 cm³/mol. The molecule has 0 aromatic carbocycles. The second kappa shape index (κ2) is 7.77. The predicted octanol–water partition coefficient (Wildman–Crippen LogP) is 5.59. The highest BCUT2D eigenvalue weighted by molar-refractivity contribution is 6.74. The van der Waals surface area contributed by atoms with Crippen molar-refractivity contribution in [1.29, 1.82) is 0 Å². The van der Waals surface area contributed by atoms with E-state index >= 15 is 0 Å². The van der Waals surface area contributed by atoms with Crippen LogP contribution in [0.2, 0.25) is 18.1 Å². The number of hydrogen-bond donors (Lipinski definition) is 1. The lowest BCUT2D eigenvalue weighted by Gasteiger charge is -2.41. The number of hydrogen-bond acceptors (Lipinski definition) is 2. The Kier molecular flexibility index (Phi) is 6.96. The fourth-order valence-corrected chi connectivity index (χ4v) is 4.04. The third-order valence-electron chi connectivity index (χ3n) is 5.78. The van der Waals surface area contributed by atoms with Gasteiger partial charge in [-0.05, 0) is 55.1 Å². The summed E-state index contributed by atoms with van der Waals surface area (Å²) in [7, 11) is -1.73. The minimum Gasteiger partial charge on any atom is -0.465 e. The minimum absolute atomic E-state index is 0.142. The molecule has 0 spiro atoms. The molecule has 0 bridgehead atoms. The van der Waals surface area contributed by atoms with Gasteiger partial charge in [0, 0.05) is 19.2 Å². The van der Waals surface area contributed by atoms with Crippen LogP contribution in [0.4, 0.5) is 4.79 Å². The van der Waals surface area contributed by atoms with Gasteiger partial charge in [0.15, 0.2) is 8.32 Å². The van der Waals surface area contributed by atoms with E-state index in [0.29, 0.717) is 12.5 Å². The lowest BCUT2D eigenvalue weighted by atomic mass is 9.83. The molecule has 1 aliphatic rings. The van der Waals surface area contributed by atoms with E-state index in [1.54, 1.807) is 4.90 Å². The Bertz CT molecular complexity index is 423. The Labute approximate surface area is 150 Å². The van der Waals surface area contributed by atoms with Crippen LogP contribution >= 0.6 is 0 Å². The van der Waals surface area contributed by atoms with E-state index in [2.05, 4.69) is 54.6 Å². The van der Waals surface area contributed by atoms with Crippen molar-refractivity contribution in [3.8, 4) is 0 Å². The van der Waals surface area contributed by atoms with Gasteiger partial charge in [-0.25, -0.2) is 4.79 Å². The molecule has 1 heterocycles. The van der Waals surface area contributed by atoms with Gasteiger partial charge in [0.1, 0.15) is 0 Å². The Hall–Kier alpha value is -0.553. The Balaban J connectivity index is 2.65. The van der Waals surface area contributed by atoms with Gasteiger partial charge >= 0.3 is 6.09 Å². The molecule has 1 N–H and O–H groups in total. The van der Waals surface area contributed by atoms with Crippen LogP contribution in [0.25, 0.3) is 0 Å². The van der Waals surface area contributed by atoms with Crippen molar-refractivity contribution in [2.75, 3.05) is 13.2 Å². The quantitative estimate of drug-likeness (QED) is 0.652. The van der Waals surface area contributed by atoms with Gasteiger partial charge in [0.2, 0.25) is 0 Å². The maximum Gasteiger partial charge on any atom is 0.407 e. The molecule has 142 valence electrons. The van der Waals surface area contributed by atoms with Crippen molar-refractivity contribution in [2.24, 2.45) is 11.3 Å². The van der Waals surface area contributed by atoms with Crippen LogP contribution in [0.3, 0.4) is 0 Å². The number of rotatable bonds is 5. The lowest BCUT2D eigenvalue weighted by molar-refractivity contribution is 0.0661. The van der Waals surface area contributed by atoms with Crippen molar-refractivity contribution in [2.45, 2.75) is 91.4 Å². The van der Waals surface area contributed by atoms with Crippen LogP contribution in [0.5, 0.6) is 0 Å². The van der Waals surface area contributed by atoms with Gasteiger partial charge in [-0.2, -0.15) is 0 Å². The first kappa shape index (κ1) is 21.5. The normalized spacial score (nSPS) is 23.4. The highest BCUT2D eigenvalue weighted by Crippen LogP contribution is 2.38. The van der Waals surface area contributed by atoms with E-state index in [1.807, 2.05) is 0 Å². The fraction of sp³-hybridized carbons (Fsp3) is 0.947. The average molecular weight is 358 g/mol.